The maximum absolute atomic E-state index is 13.7. The maximum atomic E-state index is 13.7. The molecule has 0 saturated heterocycles. The Kier molecular flexibility index (Phi) is 9.57. The van der Waals surface area contributed by atoms with Gasteiger partial charge in [-0.2, -0.15) is 0 Å². The molecular weight excluding hydrogens is 490 g/mol. The number of rotatable bonds is 10. The second kappa shape index (κ2) is 11.8. The molecule has 0 unspecified atom stereocenters. The number of amides is 2. The van der Waals surface area contributed by atoms with Crippen molar-refractivity contribution in [1.82, 2.24) is 10.2 Å². The summed E-state index contributed by atoms with van der Waals surface area (Å²) in [4.78, 5) is 28.2. The van der Waals surface area contributed by atoms with E-state index in [9.17, 15) is 18.0 Å². The Bertz CT molecular complexity index is 1150. The van der Waals surface area contributed by atoms with E-state index in [4.69, 9.17) is 16.3 Å². The average Bonchev–Trinajstić information content (AvgIpc) is 2.75. The van der Waals surface area contributed by atoms with E-state index < -0.39 is 34.1 Å². The predicted octanol–water partition coefficient (Wildman–Crippen LogP) is 3.84. The molecule has 192 valence electrons. The van der Waals surface area contributed by atoms with Crippen LogP contribution in [0, 0.1) is 0 Å². The van der Waals surface area contributed by atoms with E-state index in [0.717, 1.165) is 16.1 Å². The summed E-state index contributed by atoms with van der Waals surface area (Å²) in [5, 5.41) is 3.27. The zero-order valence-corrected chi connectivity index (χ0v) is 22.6. The van der Waals surface area contributed by atoms with Crippen molar-refractivity contribution in [1.29, 1.82) is 0 Å². The summed E-state index contributed by atoms with van der Waals surface area (Å²) in [5.74, 6) is -0.224. The monoisotopic (exact) mass is 523 g/mol. The van der Waals surface area contributed by atoms with Gasteiger partial charge in [-0.05, 0) is 63.1 Å². The number of nitrogens with zero attached hydrogens (tertiary/aromatic N) is 2. The largest absolute Gasteiger partial charge is 0.497 e. The number of benzene rings is 2. The van der Waals surface area contributed by atoms with Gasteiger partial charge in [-0.15, -0.1) is 0 Å². The Morgan fingerprint density at radius 1 is 1.11 bits per heavy atom. The number of carbonyl (C=O) groups is 2. The lowest BCUT2D eigenvalue weighted by atomic mass is 10.1. The second-order valence-corrected chi connectivity index (χ2v) is 11.6. The Hall–Kier alpha value is -2.78. The van der Waals surface area contributed by atoms with E-state index in [0.29, 0.717) is 17.2 Å². The molecule has 2 aromatic rings. The normalized spacial score (nSPS) is 12.5. The number of sulfonamides is 1. The molecule has 0 radical (unpaired) electrons. The minimum absolute atomic E-state index is 0.0965. The van der Waals surface area contributed by atoms with Gasteiger partial charge >= 0.3 is 0 Å². The standard InChI is InChI=1S/C25H34ClN3O5S/c1-7-22(24(31)27-25(2,3)4)28(16-18-10-8-13-21(14-18)34-5)23(30)17-29(35(6,32)33)20-12-9-11-19(26)15-20/h8-15,22H,7,16-17H2,1-6H3,(H,27,31)/t22-/m0/s1. The van der Waals surface area contributed by atoms with Crippen LogP contribution in [-0.4, -0.2) is 56.6 Å². The van der Waals surface area contributed by atoms with Crippen molar-refractivity contribution in [2.24, 2.45) is 0 Å². The van der Waals surface area contributed by atoms with Gasteiger partial charge in [0.15, 0.2) is 0 Å². The Morgan fingerprint density at radius 2 is 1.77 bits per heavy atom. The number of halogens is 1. The SMILES string of the molecule is CC[C@@H](C(=O)NC(C)(C)C)N(Cc1cccc(OC)c1)C(=O)CN(c1cccc(Cl)c1)S(C)(=O)=O. The highest BCUT2D eigenvalue weighted by Crippen LogP contribution is 2.23. The lowest BCUT2D eigenvalue weighted by Gasteiger charge is -2.34. The summed E-state index contributed by atoms with van der Waals surface area (Å²) in [7, 11) is -2.28. The molecule has 0 saturated carbocycles. The van der Waals surface area contributed by atoms with E-state index in [2.05, 4.69) is 5.32 Å². The smallest absolute Gasteiger partial charge is 0.244 e. The number of carbonyl (C=O) groups excluding carboxylic acids is 2. The molecule has 10 heteroatoms. The number of hydrogen-bond donors (Lipinski definition) is 1. The maximum Gasteiger partial charge on any atom is 0.244 e. The molecule has 0 aromatic heterocycles. The highest BCUT2D eigenvalue weighted by atomic mass is 35.5. The van der Waals surface area contributed by atoms with Crippen LogP contribution in [-0.2, 0) is 26.2 Å². The molecule has 0 aliphatic carbocycles. The summed E-state index contributed by atoms with van der Waals surface area (Å²) < 4.78 is 31.5. The highest BCUT2D eigenvalue weighted by Gasteiger charge is 2.33. The van der Waals surface area contributed by atoms with Gasteiger partial charge in [-0.25, -0.2) is 8.42 Å². The molecule has 8 nitrogen and oxygen atoms in total. The van der Waals surface area contributed by atoms with Gasteiger partial charge in [0, 0.05) is 17.1 Å². The Labute approximate surface area is 213 Å². The first-order chi connectivity index (χ1) is 16.2. The third-order valence-electron chi connectivity index (χ3n) is 5.15. The zero-order chi connectivity index (χ0) is 26.4. The van der Waals surface area contributed by atoms with Crippen molar-refractivity contribution >= 4 is 39.1 Å². The molecule has 2 amide bonds. The molecule has 1 N–H and O–H groups in total. The fraction of sp³-hybridized carbons (Fsp3) is 0.440. The van der Waals surface area contributed by atoms with Gasteiger partial charge in [0.1, 0.15) is 18.3 Å². The van der Waals surface area contributed by atoms with E-state index in [1.807, 2.05) is 33.8 Å². The first-order valence-electron chi connectivity index (χ1n) is 11.2. The number of methoxy groups -OCH3 is 1. The van der Waals surface area contributed by atoms with Crippen molar-refractivity contribution in [2.45, 2.75) is 52.2 Å². The van der Waals surface area contributed by atoms with Crippen LogP contribution < -0.4 is 14.4 Å². The quantitative estimate of drug-likeness (QED) is 0.510. The predicted molar refractivity (Wildman–Crippen MR) is 139 cm³/mol. The van der Waals surface area contributed by atoms with E-state index in [1.165, 1.54) is 11.0 Å². The number of hydrogen-bond acceptors (Lipinski definition) is 5. The third-order valence-corrected chi connectivity index (χ3v) is 6.52. The van der Waals surface area contributed by atoms with Crippen LogP contribution in [0.25, 0.3) is 0 Å². The molecule has 35 heavy (non-hydrogen) atoms. The molecule has 0 spiro atoms. The van der Waals surface area contributed by atoms with E-state index in [1.54, 1.807) is 43.5 Å². The number of anilines is 1. The van der Waals surface area contributed by atoms with Gasteiger partial charge in [-0.1, -0.05) is 36.7 Å². The minimum atomic E-state index is -3.82. The third kappa shape index (κ3) is 8.43. The van der Waals surface area contributed by atoms with Crippen molar-refractivity contribution in [3.05, 3.63) is 59.1 Å². The Balaban J connectivity index is 2.48. The molecule has 0 heterocycles. The highest BCUT2D eigenvalue weighted by molar-refractivity contribution is 7.92. The molecule has 0 bridgehead atoms. The van der Waals surface area contributed by atoms with Gasteiger partial charge in [0.05, 0.1) is 19.1 Å². The summed E-state index contributed by atoms with van der Waals surface area (Å²) in [6, 6.07) is 12.6. The van der Waals surface area contributed by atoms with Gasteiger partial charge in [0.25, 0.3) is 0 Å². The first kappa shape index (κ1) is 28.5. The lowest BCUT2D eigenvalue weighted by Crippen LogP contribution is -2.55. The minimum Gasteiger partial charge on any atom is -0.497 e. The van der Waals surface area contributed by atoms with Crippen molar-refractivity contribution in [2.75, 3.05) is 24.2 Å². The van der Waals surface area contributed by atoms with Gasteiger partial charge in [0.2, 0.25) is 21.8 Å². The molecule has 0 aliphatic rings. The number of nitrogens with one attached hydrogen (secondary N) is 1. The van der Waals surface area contributed by atoms with Crippen LogP contribution in [0.5, 0.6) is 5.75 Å². The topological polar surface area (TPSA) is 96.0 Å². The lowest BCUT2D eigenvalue weighted by molar-refractivity contribution is -0.141. The molecule has 2 aromatic carbocycles. The molecule has 1 atom stereocenters. The molecule has 0 aliphatic heterocycles. The van der Waals surface area contributed by atoms with Crippen molar-refractivity contribution in [3.63, 3.8) is 0 Å². The van der Waals surface area contributed by atoms with E-state index >= 15 is 0 Å². The summed E-state index contributed by atoms with van der Waals surface area (Å²) >= 11 is 6.07. The molecule has 2 rings (SSSR count). The van der Waals surface area contributed by atoms with Crippen molar-refractivity contribution in [3.8, 4) is 5.75 Å². The summed E-state index contributed by atoms with van der Waals surface area (Å²) in [6.07, 6.45) is 1.37. The second-order valence-electron chi connectivity index (χ2n) is 9.29. The van der Waals surface area contributed by atoms with Crippen LogP contribution in [0.2, 0.25) is 5.02 Å². The van der Waals surface area contributed by atoms with Crippen LogP contribution in [0.4, 0.5) is 5.69 Å². The fourth-order valence-electron chi connectivity index (χ4n) is 3.58. The zero-order valence-electron chi connectivity index (χ0n) is 21.0. The van der Waals surface area contributed by atoms with E-state index in [-0.39, 0.29) is 18.1 Å². The van der Waals surface area contributed by atoms with Crippen LogP contribution in [0.3, 0.4) is 0 Å². The fourth-order valence-corrected chi connectivity index (χ4v) is 4.61. The first-order valence-corrected chi connectivity index (χ1v) is 13.5. The molecule has 0 fully saturated rings. The van der Waals surface area contributed by atoms with Crippen molar-refractivity contribution < 1.29 is 22.7 Å². The Morgan fingerprint density at radius 3 is 2.31 bits per heavy atom. The van der Waals surface area contributed by atoms with Crippen LogP contribution in [0.15, 0.2) is 48.5 Å². The van der Waals surface area contributed by atoms with Crippen LogP contribution >= 0.6 is 11.6 Å². The van der Waals surface area contributed by atoms with Gasteiger partial charge < -0.3 is 15.0 Å². The summed E-state index contributed by atoms with van der Waals surface area (Å²) in [6.45, 7) is 6.99. The number of ether oxygens (including phenoxy) is 1. The van der Waals surface area contributed by atoms with Gasteiger partial charge in [-0.3, -0.25) is 13.9 Å². The average molecular weight is 524 g/mol. The molecular formula is C25H34ClN3O5S. The van der Waals surface area contributed by atoms with Crippen LogP contribution in [0.1, 0.15) is 39.7 Å². The summed E-state index contributed by atoms with van der Waals surface area (Å²) in [5.41, 5.74) is 0.504.